The van der Waals surface area contributed by atoms with Gasteiger partial charge in [-0.25, -0.2) is 0 Å². The fourth-order valence-corrected chi connectivity index (χ4v) is 2.29. The molecule has 3 nitrogen and oxygen atoms in total. The highest BCUT2D eigenvalue weighted by Gasteiger charge is 2.27. The van der Waals surface area contributed by atoms with Gasteiger partial charge in [0.1, 0.15) is 0 Å². The van der Waals surface area contributed by atoms with Crippen molar-refractivity contribution < 1.29 is 4.79 Å². The molecule has 1 amide bonds. The number of unbranched alkanes of at least 4 members (excludes halogenated alkanes) is 3. The Morgan fingerprint density at radius 3 is 2.29 bits per heavy atom. The molecular weight excluding hydrogens is 212 g/mol. The summed E-state index contributed by atoms with van der Waals surface area (Å²) in [6.07, 6.45) is 7.44. The molecule has 17 heavy (non-hydrogen) atoms. The molecule has 1 rings (SSSR count). The van der Waals surface area contributed by atoms with Gasteiger partial charge in [0.15, 0.2) is 0 Å². The topological polar surface area (TPSA) is 46.3 Å². The second kappa shape index (κ2) is 7.00. The summed E-state index contributed by atoms with van der Waals surface area (Å²) in [4.78, 5) is 14.0. The fourth-order valence-electron chi connectivity index (χ4n) is 2.29. The van der Waals surface area contributed by atoms with E-state index in [2.05, 4.69) is 13.8 Å². The number of hydrogen-bond acceptors (Lipinski definition) is 2. The van der Waals surface area contributed by atoms with Crippen LogP contribution in [-0.4, -0.2) is 30.4 Å². The Morgan fingerprint density at radius 2 is 1.71 bits per heavy atom. The summed E-state index contributed by atoms with van der Waals surface area (Å²) in [5.74, 6) is 0.355. The van der Waals surface area contributed by atoms with Crippen molar-refractivity contribution in [3.63, 3.8) is 0 Å². The number of amides is 1. The lowest BCUT2D eigenvalue weighted by Gasteiger charge is -2.37. The van der Waals surface area contributed by atoms with Crippen molar-refractivity contribution in [3.05, 3.63) is 0 Å². The van der Waals surface area contributed by atoms with Crippen molar-refractivity contribution in [1.29, 1.82) is 0 Å². The van der Waals surface area contributed by atoms with Crippen molar-refractivity contribution in [1.82, 2.24) is 4.90 Å². The number of nitrogens with two attached hydrogens (primary N) is 1. The first-order valence-electron chi connectivity index (χ1n) is 7.03. The van der Waals surface area contributed by atoms with Gasteiger partial charge in [0, 0.05) is 19.5 Å². The van der Waals surface area contributed by atoms with E-state index in [1.54, 1.807) is 0 Å². The van der Waals surface area contributed by atoms with Crippen LogP contribution in [0.1, 0.15) is 58.8 Å². The molecule has 0 atom stereocenters. The molecule has 0 aromatic carbocycles. The van der Waals surface area contributed by atoms with Gasteiger partial charge in [0.05, 0.1) is 0 Å². The zero-order valence-electron chi connectivity index (χ0n) is 11.5. The second-order valence-corrected chi connectivity index (χ2v) is 6.00. The molecule has 0 aliphatic carbocycles. The molecule has 3 heteroatoms. The lowest BCUT2D eigenvalue weighted by Crippen LogP contribution is -2.41. The molecule has 0 aromatic rings. The monoisotopic (exact) mass is 240 g/mol. The number of hydrogen-bond donors (Lipinski definition) is 1. The van der Waals surface area contributed by atoms with Gasteiger partial charge in [-0.3, -0.25) is 4.79 Å². The van der Waals surface area contributed by atoms with E-state index < -0.39 is 0 Å². The van der Waals surface area contributed by atoms with Crippen LogP contribution in [0.4, 0.5) is 0 Å². The van der Waals surface area contributed by atoms with Gasteiger partial charge in [-0.05, 0) is 37.6 Å². The van der Waals surface area contributed by atoms with E-state index in [4.69, 9.17) is 5.73 Å². The van der Waals surface area contributed by atoms with Gasteiger partial charge in [0.25, 0.3) is 0 Å². The molecule has 0 radical (unpaired) electrons. The van der Waals surface area contributed by atoms with Crippen LogP contribution in [0.15, 0.2) is 0 Å². The Balaban J connectivity index is 2.12. The van der Waals surface area contributed by atoms with Crippen LogP contribution in [0.2, 0.25) is 0 Å². The molecule has 0 aromatic heterocycles. The first-order valence-corrected chi connectivity index (χ1v) is 7.03. The molecule has 1 saturated heterocycles. The number of rotatable bonds is 6. The van der Waals surface area contributed by atoms with Crippen LogP contribution < -0.4 is 5.73 Å². The Labute approximate surface area is 106 Å². The number of carbonyl (C=O) groups is 1. The standard InChI is InChI=1S/C14H28N2O/c1-14(2)8-11-16(12-9-14)13(17)7-5-3-4-6-10-15/h3-12,15H2,1-2H3. The normalized spacial score (nSPS) is 19.4. The molecule has 1 aliphatic rings. The summed E-state index contributed by atoms with van der Waals surface area (Å²) < 4.78 is 0. The van der Waals surface area contributed by atoms with E-state index >= 15 is 0 Å². The molecule has 0 unspecified atom stereocenters. The van der Waals surface area contributed by atoms with Crippen molar-refractivity contribution >= 4 is 5.91 Å². The van der Waals surface area contributed by atoms with E-state index in [-0.39, 0.29) is 0 Å². The highest BCUT2D eigenvalue weighted by Crippen LogP contribution is 2.29. The van der Waals surface area contributed by atoms with Crippen LogP contribution in [0.3, 0.4) is 0 Å². The largest absolute Gasteiger partial charge is 0.343 e. The van der Waals surface area contributed by atoms with E-state index in [9.17, 15) is 4.79 Å². The van der Waals surface area contributed by atoms with E-state index in [1.165, 1.54) is 0 Å². The van der Waals surface area contributed by atoms with Crippen LogP contribution in [0, 0.1) is 5.41 Å². The first kappa shape index (κ1) is 14.5. The molecular formula is C14H28N2O. The molecule has 0 bridgehead atoms. The average Bonchev–Trinajstić information content (AvgIpc) is 2.28. The van der Waals surface area contributed by atoms with Gasteiger partial charge in [-0.15, -0.1) is 0 Å². The maximum Gasteiger partial charge on any atom is 0.222 e. The zero-order chi connectivity index (χ0) is 12.7. The van der Waals surface area contributed by atoms with Crippen LogP contribution in [0.5, 0.6) is 0 Å². The van der Waals surface area contributed by atoms with E-state index in [0.29, 0.717) is 11.3 Å². The summed E-state index contributed by atoms with van der Waals surface area (Å²) in [5.41, 5.74) is 5.87. The molecule has 0 spiro atoms. The summed E-state index contributed by atoms with van der Waals surface area (Å²) in [5, 5.41) is 0. The maximum atomic E-state index is 11.9. The quantitative estimate of drug-likeness (QED) is 0.725. The van der Waals surface area contributed by atoms with Crippen molar-refractivity contribution in [2.24, 2.45) is 11.1 Å². The van der Waals surface area contributed by atoms with Crippen LogP contribution in [0.25, 0.3) is 0 Å². The minimum Gasteiger partial charge on any atom is -0.343 e. The molecule has 0 saturated carbocycles. The van der Waals surface area contributed by atoms with E-state index in [1.807, 2.05) is 4.90 Å². The smallest absolute Gasteiger partial charge is 0.222 e. The third kappa shape index (κ3) is 5.53. The predicted molar refractivity (Wildman–Crippen MR) is 71.7 cm³/mol. The lowest BCUT2D eigenvalue weighted by molar-refractivity contribution is -0.133. The Bertz CT molecular complexity index is 228. The number of nitrogens with zero attached hydrogens (tertiary/aromatic N) is 1. The summed E-state index contributed by atoms with van der Waals surface area (Å²) in [7, 11) is 0. The highest BCUT2D eigenvalue weighted by atomic mass is 16.2. The maximum absolute atomic E-state index is 11.9. The van der Waals surface area contributed by atoms with Crippen molar-refractivity contribution in [2.45, 2.75) is 58.8 Å². The van der Waals surface area contributed by atoms with Gasteiger partial charge >= 0.3 is 0 Å². The van der Waals surface area contributed by atoms with Gasteiger partial charge in [-0.2, -0.15) is 0 Å². The molecule has 1 aliphatic heterocycles. The third-order valence-electron chi connectivity index (χ3n) is 3.81. The Hall–Kier alpha value is -0.570. The molecule has 1 fully saturated rings. The number of carbonyl (C=O) groups excluding carboxylic acids is 1. The number of piperidine rings is 1. The first-order chi connectivity index (χ1) is 8.05. The van der Waals surface area contributed by atoms with Crippen LogP contribution in [-0.2, 0) is 4.79 Å². The molecule has 100 valence electrons. The van der Waals surface area contributed by atoms with E-state index in [0.717, 1.165) is 64.6 Å². The summed E-state index contributed by atoms with van der Waals surface area (Å²) in [6, 6.07) is 0. The lowest BCUT2D eigenvalue weighted by atomic mass is 9.82. The third-order valence-corrected chi connectivity index (χ3v) is 3.81. The number of likely N-dealkylation sites (tertiary alicyclic amines) is 1. The van der Waals surface area contributed by atoms with Gasteiger partial charge in [-0.1, -0.05) is 26.7 Å². The second-order valence-electron chi connectivity index (χ2n) is 6.00. The average molecular weight is 240 g/mol. The van der Waals surface area contributed by atoms with Crippen LogP contribution >= 0.6 is 0 Å². The predicted octanol–water partition coefficient (Wildman–Crippen LogP) is 2.54. The minimum atomic E-state index is 0.355. The molecule has 1 heterocycles. The fraction of sp³-hybridized carbons (Fsp3) is 0.929. The summed E-state index contributed by atoms with van der Waals surface area (Å²) >= 11 is 0. The van der Waals surface area contributed by atoms with Crippen molar-refractivity contribution in [2.75, 3.05) is 19.6 Å². The Morgan fingerprint density at radius 1 is 1.12 bits per heavy atom. The van der Waals surface area contributed by atoms with Gasteiger partial charge in [0.2, 0.25) is 5.91 Å². The SMILES string of the molecule is CC1(C)CCN(C(=O)CCCCCCN)CC1. The Kier molecular flexibility index (Phi) is 5.96. The van der Waals surface area contributed by atoms with Crippen molar-refractivity contribution in [3.8, 4) is 0 Å². The minimum absolute atomic E-state index is 0.355. The zero-order valence-corrected chi connectivity index (χ0v) is 11.5. The van der Waals surface area contributed by atoms with Gasteiger partial charge < -0.3 is 10.6 Å². The summed E-state index contributed by atoms with van der Waals surface area (Å²) in [6.45, 7) is 7.27. The molecule has 2 N–H and O–H groups in total. The highest BCUT2D eigenvalue weighted by molar-refractivity contribution is 5.76.